The smallest absolute Gasteiger partial charge is 0.259 e. The predicted octanol–water partition coefficient (Wildman–Crippen LogP) is 2.90. The van der Waals surface area contributed by atoms with Crippen LogP contribution in [-0.4, -0.2) is 56.5 Å². The summed E-state index contributed by atoms with van der Waals surface area (Å²) < 4.78 is 9.02. The summed E-state index contributed by atoms with van der Waals surface area (Å²) in [6.45, 7) is 3.97. The van der Waals surface area contributed by atoms with Crippen LogP contribution in [0.4, 0.5) is 5.82 Å². The van der Waals surface area contributed by atoms with Gasteiger partial charge in [-0.25, -0.2) is 4.68 Å². The van der Waals surface area contributed by atoms with Gasteiger partial charge >= 0.3 is 0 Å². The first-order valence-corrected chi connectivity index (χ1v) is 10.8. The number of methoxy groups -OCH3 is 1. The number of nitrogens with one attached hydrogen (secondary N) is 1. The summed E-state index contributed by atoms with van der Waals surface area (Å²) in [5.41, 5.74) is 1.40. The molecule has 0 aliphatic carbocycles. The molecule has 1 fully saturated rings. The lowest BCUT2D eigenvalue weighted by Gasteiger charge is -2.32. The number of carbonyl (C=O) groups excluding carboxylic acids is 2. The van der Waals surface area contributed by atoms with E-state index in [9.17, 15) is 9.59 Å². The number of nitrogens with zero attached hydrogens (tertiary/aromatic N) is 5. The Kier molecular flexibility index (Phi) is 6.65. The van der Waals surface area contributed by atoms with E-state index in [2.05, 4.69) is 15.5 Å². The van der Waals surface area contributed by atoms with Gasteiger partial charge in [0.15, 0.2) is 6.10 Å². The van der Waals surface area contributed by atoms with Crippen LogP contribution in [0, 0.1) is 0 Å². The zero-order valence-electron chi connectivity index (χ0n) is 18.3. The molecule has 3 heterocycles. The molecule has 1 aliphatic rings. The number of hydrogen-bond acceptors (Lipinski definition) is 5. The van der Waals surface area contributed by atoms with Gasteiger partial charge in [0.1, 0.15) is 5.82 Å². The van der Waals surface area contributed by atoms with E-state index in [0.717, 1.165) is 24.9 Å². The molecule has 3 aromatic rings. The minimum Gasteiger partial charge on any atom is -0.367 e. The van der Waals surface area contributed by atoms with Crippen LogP contribution in [-0.2, 0) is 16.1 Å². The van der Waals surface area contributed by atoms with E-state index in [0.29, 0.717) is 24.5 Å². The largest absolute Gasteiger partial charge is 0.367 e. The van der Waals surface area contributed by atoms with Gasteiger partial charge in [0.05, 0.1) is 24.0 Å². The highest BCUT2D eigenvalue weighted by molar-refractivity contribution is 5.94. The van der Waals surface area contributed by atoms with Crippen molar-refractivity contribution in [2.45, 2.75) is 38.5 Å². The van der Waals surface area contributed by atoms with Crippen LogP contribution in [0.25, 0.3) is 0 Å². The highest BCUT2D eigenvalue weighted by atomic mass is 16.5. The molecule has 1 aliphatic heterocycles. The number of amides is 2. The van der Waals surface area contributed by atoms with Crippen LogP contribution in [0.1, 0.15) is 47.8 Å². The fraction of sp³-hybridized carbons (Fsp3) is 0.391. The third-order valence-corrected chi connectivity index (χ3v) is 5.80. The average molecular weight is 437 g/mol. The highest BCUT2D eigenvalue weighted by Gasteiger charge is 2.28. The molecule has 1 atom stereocenters. The standard InChI is InChI=1S/C23H28N6O3/c1-3-28-16-18(15-25-28)23(31)27-13-10-19(11-14-27)29-20(9-12-24-29)26-22(30)21(32-2)17-7-5-4-6-8-17/h4-9,12,15-16,19,21H,3,10-11,13-14H2,1-2H3,(H,26,30)/t21-/m0/s1. The number of carbonyl (C=O) groups is 2. The Morgan fingerprint density at radius 2 is 1.91 bits per heavy atom. The maximum absolute atomic E-state index is 12.9. The van der Waals surface area contributed by atoms with Gasteiger partial charge in [-0.05, 0) is 25.3 Å². The molecule has 9 nitrogen and oxygen atoms in total. The number of likely N-dealkylation sites (tertiary alicyclic amines) is 1. The fourth-order valence-corrected chi connectivity index (χ4v) is 4.06. The Morgan fingerprint density at radius 3 is 2.56 bits per heavy atom. The molecule has 1 N–H and O–H groups in total. The molecule has 4 rings (SSSR count). The van der Waals surface area contributed by atoms with Crippen molar-refractivity contribution < 1.29 is 14.3 Å². The van der Waals surface area contributed by atoms with Crippen molar-refractivity contribution in [2.75, 3.05) is 25.5 Å². The number of anilines is 1. The minimum absolute atomic E-state index is 0.00272. The molecule has 0 unspecified atom stereocenters. The van der Waals surface area contributed by atoms with Gasteiger partial charge < -0.3 is 15.0 Å². The summed E-state index contributed by atoms with van der Waals surface area (Å²) in [5.74, 6) is 0.380. The number of aromatic nitrogens is 4. The molecule has 9 heteroatoms. The van der Waals surface area contributed by atoms with E-state index in [1.807, 2.05) is 46.8 Å². The SMILES string of the molecule is CCn1cc(C(=O)N2CCC(n3nccc3NC(=O)[C@@H](OC)c3ccccc3)CC2)cn1. The van der Waals surface area contributed by atoms with Gasteiger partial charge in [0.25, 0.3) is 11.8 Å². The number of aryl methyl sites for hydroxylation is 1. The summed E-state index contributed by atoms with van der Waals surface area (Å²) in [6.07, 6.45) is 5.89. The lowest BCUT2D eigenvalue weighted by atomic mass is 10.0. The molecule has 0 radical (unpaired) electrons. The second-order valence-corrected chi connectivity index (χ2v) is 7.78. The third-order valence-electron chi connectivity index (χ3n) is 5.80. The van der Waals surface area contributed by atoms with Crippen molar-refractivity contribution in [3.63, 3.8) is 0 Å². The van der Waals surface area contributed by atoms with E-state index in [1.165, 1.54) is 7.11 Å². The first kappa shape index (κ1) is 21.8. The summed E-state index contributed by atoms with van der Waals surface area (Å²) >= 11 is 0. The molecular weight excluding hydrogens is 408 g/mol. The summed E-state index contributed by atoms with van der Waals surface area (Å²) in [6, 6.07) is 11.3. The van der Waals surface area contributed by atoms with Gasteiger partial charge in [0, 0.05) is 39.0 Å². The van der Waals surface area contributed by atoms with Crippen LogP contribution >= 0.6 is 0 Å². The molecule has 1 saturated heterocycles. The van der Waals surface area contributed by atoms with Crippen molar-refractivity contribution in [2.24, 2.45) is 0 Å². The molecule has 2 amide bonds. The fourth-order valence-electron chi connectivity index (χ4n) is 4.06. The van der Waals surface area contributed by atoms with E-state index >= 15 is 0 Å². The van der Waals surface area contributed by atoms with Gasteiger partial charge in [-0.2, -0.15) is 10.2 Å². The Morgan fingerprint density at radius 1 is 1.16 bits per heavy atom. The molecular formula is C23H28N6O3. The van der Waals surface area contributed by atoms with E-state index in [4.69, 9.17) is 4.74 Å². The van der Waals surface area contributed by atoms with Gasteiger partial charge in [0.2, 0.25) is 0 Å². The molecule has 32 heavy (non-hydrogen) atoms. The van der Waals surface area contributed by atoms with Crippen LogP contribution in [0.3, 0.4) is 0 Å². The Balaban J connectivity index is 1.39. The zero-order chi connectivity index (χ0) is 22.5. The monoisotopic (exact) mass is 436 g/mol. The van der Waals surface area contributed by atoms with E-state index < -0.39 is 6.10 Å². The number of piperidine rings is 1. The third kappa shape index (κ3) is 4.57. The first-order valence-electron chi connectivity index (χ1n) is 10.8. The number of hydrogen-bond donors (Lipinski definition) is 1. The summed E-state index contributed by atoms with van der Waals surface area (Å²) in [4.78, 5) is 27.5. The topological polar surface area (TPSA) is 94.3 Å². The van der Waals surface area contributed by atoms with Crippen LogP contribution in [0.5, 0.6) is 0 Å². The van der Waals surface area contributed by atoms with Crippen LogP contribution in [0.2, 0.25) is 0 Å². The maximum Gasteiger partial charge on any atom is 0.259 e. The van der Waals surface area contributed by atoms with Crippen molar-refractivity contribution in [1.82, 2.24) is 24.5 Å². The molecule has 0 saturated carbocycles. The van der Waals surface area contributed by atoms with E-state index in [-0.39, 0.29) is 17.9 Å². The lowest BCUT2D eigenvalue weighted by molar-refractivity contribution is -0.126. The second-order valence-electron chi connectivity index (χ2n) is 7.78. The Bertz CT molecular complexity index is 1050. The van der Waals surface area contributed by atoms with Crippen LogP contribution < -0.4 is 5.32 Å². The van der Waals surface area contributed by atoms with E-state index in [1.54, 1.807) is 29.3 Å². The molecule has 1 aromatic carbocycles. The first-order chi connectivity index (χ1) is 15.6. The molecule has 2 aromatic heterocycles. The normalized spacial score (nSPS) is 15.5. The lowest BCUT2D eigenvalue weighted by Crippen LogP contribution is -2.39. The highest BCUT2D eigenvalue weighted by Crippen LogP contribution is 2.27. The predicted molar refractivity (Wildman–Crippen MR) is 119 cm³/mol. The van der Waals surface area contributed by atoms with Crippen molar-refractivity contribution in [3.8, 4) is 0 Å². The maximum atomic E-state index is 12.9. The molecule has 168 valence electrons. The quantitative estimate of drug-likeness (QED) is 0.615. The van der Waals surface area contributed by atoms with Gasteiger partial charge in [-0.1, -0.05) is 30.3 Å². The molecule has 0 bridgehead atoms. The Hall–Kier alpha value is -3.46. The number of benzene rings is 1. The number of rotatable bonds is 7. The summed E-state index contributed by atoms with van der Waals surface area (Å²) in [7, 11) is 1.52. The van der Waals surface area contributed by atoms with Gasteiger partial charge in [-0.15, -0.1) is 0 Å². The minimum atomic E-state index is -0.706. The zero-order valence-corrected chi connectivity index (χ0v) is 18.3. The van der Waals surface area contributed by atoms with Crippen molar-refractivity contribution in [1.29, 1.82) is 0 Å². The average Bonchev–Trinajstić information content (AvgIpc) is 3.50. The van der Waals surface area contributed by atoms with Crippen molar-refractivity contribution >= 4 is 17.6 Å². The molecule has 0 spiro atoms. The Labute approximate surface area is 187 Å². The van der Waals surface area contributed by atoms with Crippen LogP contribution in [0.15, 0.2) is 55.0 Å². The second kappa shape index (κ2) is 9.78. The van der Waals surface area contributed by atoms with Crippen molar-refractivity contribution in [3.05, 3.63) is 66.1 Å². The number of ether oxygens (including phenoxy) is 1. The summed E-state index contributed by atoms with van der Waals surface area (Å²) in [5, 5.41) is 11.6. The van der Waals surface area contributed by atoms with Gasteiger partial charge in [-0.3, -0.25) is 14.3 Å².